The van der Waals surface area contributed by atoms with E-state index in [0.29, 0.717) is 0 Å². The van der Waals surface area contributed by atoms with Gasteiger partial charge in [0.2, 0.25) is 0 Å². The fourth-order valence-electron chi connectivity index (χ4n) is 0.304. The van der Waals surface area contributed by atoms with E-state index in [1.165, 1.54) is 13.0 Å². The van der Waals surface area contributed by atoms with Crippen LogP contribution in [0.2, 0.25) is 0 Å². The zero-order valence-electron chi connectivity index (χ0n) is 4.65. The van der Waals surface area contributed by atoms with Crippen molar-refractivity contribution in [3.8, 4) is 0 Å². The molecule has 0 bridgehead atoms. The molecule has 0 fully saturated rings. The molecule has 0 rings (SSSR count). The third kappa shape index (κ3) is 2.63. The smallest absolute Gasteiger partial charge is 0.256 e. The standard InChI is InChI=1S/C5H4Cl2O2/c1-2-3(4(6)8)5(7)9/h2H,1H3. The minimum atomic E-state index is -0.822. The van der Waals surface area contributed by atoms with Crippen LogP contribution in [0.15, 0.2) is 11.6 Å². The summed E-state index contributed by atoms with van der Waals surface area (Å²) in [6.45, 7) is 1.51. The van der Waals surface area contributed by atoms with Crippen LogP contribution >= 0.6 is 23.2 Å². The minimum Gasteiger partial charge on any atom is -0.275 e. The van der Waals surface area contributed by atoms with Gasteiger partial charge in [0.15, 0.2) is 0 Å². The number of rotatable bonds is 2. The SMILES string of the molecule is CC=C(C(=O)Cl)C(=O)Cl. The Morgan fingerprint density at radius 1 is 1.22 bits per heavy atom. The molecule has 0 aliphatic carbocycles. The van der Waals surface area contributed by atoms with Gasteiger partial charge >= 0.3 is 0 Å². The molecule has 2 nitrogen and oxygen atoms in total. The quantitative estimate of drug-likeness (QED) is 0.270. The van der Waals surface area contributed by atoms with E-state index in [9.17, 15) is 9.59 Å². The molecule has 0 heterocycles. The molecule has 0 radical (unpaired) electrons. The van der Waals surface area contributed by atoms with Gasteiger partial charge in [-0.25, -0.2) is 0 Å². The molecule has 0 aromatic carbocycles. The van der Waals surface area contributed by atoms with Crippen molar-refractivity contribution in [1.82, 2.24) is 0 Å². The Balaban J connectivity index is 4.38. The first kappa shape index (κ1) is 8.66. The van der Waals surface area contributed by atoms with Crippen LogP contribution in [0.4, 0.5) is 0 Å². The second kappa shape index (κ2) is 3.64. The molecule has 0 atom stereocenters. The molecule has 0 amide bonds. The number of allylic oxidation sites excluding steroid dienone is 2. The predicted molar refractivity (Wildman–Crippen MR) is 35.5 cm³/mol. The summed E-state index contributed by atoms with van der Waals surface area (Å²) in [6, 6.07) is 0. The second-order valence-corrected chi connectivity index (χ2v) is 1.94. The molecule has 0 aromatic heterocycles. The summed E-state index contributed by atoms with van der Waals surface area (Å²) in [5.74, 6) is 0. The van der Waals surface area contributed by atoms with Gasteiger partial charge in [0.05, 0.1) is 5.57 Å². The molecule has 4 heteroatoms. The van der Waals surface area contributed by atoms with E-state index in [1.54, 1.807) is 0 Å². The van der Waals surface area contributed by atoms with Crippen molar-refractivity contribution in [3.05, 3.63) is 11.6 Å². The zero-order valence-corrected chi connectivity index (χ0v) is 6.16. The lowest BCUT2D eigenvalue weighted by Crippen LogP contribution is -2.00. The van der Waals surface area contributed by atoms with Crippen LogP contribution in [0.3, 0.4) is 0 Å². The van der Waals surface area contributed by atoms with E-state index in [1.807, 2.05) is 0 Å². The van der Waals surface area contributed by atoms with Gasteiger partial charge in [-0.2, -0.15) is 0 Å². The summed E-state index contributed by atoms with van der Waals surface area (Å²) in [5.41, 5.74) is -0.182. The number of carbonyl (C=O) groups is 2. The van der Waals surface area contributed by atoms with E-state index < -0.39 is 10.5 Å². The molecule has 0 N–H and O–H groups in total. The third-order valence-corrected chi connectivity index (χ3v) is 1.12. The maximum atomic E-state index is 10.2. The fraction of sp³-hybridized carbons (Fsp3) is 0.200. The Labute approximate surface area is 62.4 Å². The molecule has 0 aromatic rings. The number of hydrogen-bond donors (Lipinski definition) is 0. The number of carbonyl (C=O) groups excluding carboxylic acids is 2. The first-order valence-electron chi connectivity index (χ1n) is 2.15. The average molecular weight is 167 g/mol. The van der Waals surface area contributed by atoms with Crippen molar-refractivity contribution in [2.45, 2.75) is 6.92 Å². The summed E-state index contributed by atoms with van der Waals surface area (Å²) in [5, 5.41) is -1.64. The maximum Gasteiger partial charge on any atom is 0.256 e. The van der Waals surface area contributed by atoms with Crippen LogP contribution in [0.1, 0.15) is 6.92 Å². The normalized spacial score (nSPS) is 8.33. The summed E-state index contributed by atoms with van der Waals surface area (Å²) in [4.78, 5) is 20.4. The van der Waals surface area contributed by atoms with Gasteiger partial charge in [0.25, 0.3) is 10.5 Å². The minimum absolute atomic E-state index is 0.182. The molecular weight excluding hydrogens is 163 g/mol. The van der Waals surface area contributed by atoms with Gasteiger partial charge < -0.3 is 0 Å². The lowest BCUT2D eigenvalue weighted by atomic mass is 10.3. The van der Waals surface area contributed by atoms with Crippen LogP contribution in [-0.4, -0.2) is 10.5 Å². The molecule has 0 saturated heterocycles. The van der Waals surface area contributed by atoms with Crippen molar-refractivity contribution < 1.29 is 9.59 Å². The lowest BCUT2D eigenvalue weighted by molar-refractivity contribution is -0.113. The highest BCUT2D eigenvalue weighted by molar-refractivity contribution is 6.79. The molecule has 0 unspecified atom stereocenters. The highest BCUT2D eigenvalue weighted by atomic mass is 35.5. The van der Waals surface area contributed by atoms with Crippen molar-refractivity contribution in [1.29, 1.82) is 0 Å². The van der Waals surface area contributed by atoms with E-state index in [4.69, 9.17) is 23.2 Å². The van der Waals surface area contributed by atoms with Crippen LogP contribution < -0.4 is 0 Å². The molecule has 0 saturated carbocycles. The van der Waals surface area contributed by atoms with Crippen molar-refractivity contribution in [2.75, 3.05) is 0 Å². The van der Waals surface area contributed by atoms with Gasteiger partial charge in [0.1, 0.15) is 0 Å². The summed E-state index contributed by atoms with van der Waals surface area (Å²) < 4.78 is 0. The topological polar surface area (TPSA) is 34.1 Å². The molecule has 0 aliphatic rings. The monoisotopic (exact) mass is 166 g/mol. The van der Waals surface area contributed by atoms with Crippen LogP contribution in [0, 0.1) is 0 Å². The number of hydrogen-bond acceptors (Lipinski definition) is 2. The van der Waals surface area contributed by atoms with Gasteiger partial charge in [-0.15, -0.1) is 0 Å². The highest BCUT2D eigenvalue weighted by Gasteiger charge is 2.10. The average Bonchev–Trinajstić information content (AvgIpc) is 1.64. The van der Waals surface area contributed by atoms with Crippen LogP contribution in [-0.2, 0) is 9.59 Å². The van der Waals surface area contributed by atoms with Gasteiger partial charge in [0, 0.05) is 0 Å². The summed E-state index contributed by atoms with van der Waals surface area (Å²) in [6.07, 6.45) is 1.27. The fourth-order valence-corrected chi connectivity index (χ4v) is 0.742. The van der Waals surface area contributed by atoms with Crippen LogP contribution in [0.25, 0.3) is 0 Å². The first-order chi connectivity index (χ1) is 4.09. The summed E-state index contributed by atoms with van der Waals surface area (Å²) in [7, 11) is 0. The third-order valence-electron chi connectivity index (χ3n) is 0.712. The van der Waals surface area contributed by atoms with Crippen molar-refractivity contribution >= 4 is 33.7 Å². The highest BCUT2D eigenvalue weighted by Crippen LogP contribution is 2.03. The Morgan fingerprint density at radius 2 is 1.56 bits per heavy atom. The molecule has 9 heavy (non-hydrogen) atoms. The first-order valence-corrected chi connectivity index (χ1v) is 2.91. The van der Waals surface area contributed by atoms with E-state index in [-0.39, 0.29) is 5.57 Å². The molecular formula is C5H4Cl2O2. The lowest BCUT2D eigenvalue weighted by Gasteiger charge is -1.87. The van der Waals surface area contributed by atoms with Crippen molar-refractivity contribution in [2.24, 2.45) is 0 Å². The molecule has 0 spiro atoms. The Bertz CT molecular complexity index is 156. The largest absolute Gasteiger partial charge is 0.275 e. The van der Waals surface area contributed by atoms with Crippen LogP contribution in [0.5, 0.6) is 0 Å². The van der Waals surface area contributed by atoms with Gasteiger partial charge in [-0.3, -0.25) is 9.59 Å². The Morgan fingerprint density at radius 3 is 1.56 bits per heavy atom. The predicted octanol–water partition coefficient (Wildman–Crippen LogP) is 1.46. The second-order valence-electron chi connectivity index (χ2n) is 1.25. The van der Waals surface area contributed by atoms with Gasteiger partial charge in [-0.1, -0.05) is 6.08 Å². The number of halogens is 2. The molecule has 50 valence electrons. The van der Waals surface area contributed by atoms with Crippen molar-refractivity contribution in [3.63, 3.8) is 0 Å². The van der Waals surface area contributed by atoms with E-state index >= 15 is 0 Å². The Kier molecular flexibility index (Phi) is 3.50. The van der Waals surface area contributed by atoms with Gasteiger partial charge in [-0.05, 0) is 30.1 Å². The zero-order chi connectivity index (χ0) is 7.44. The molecule has 0 aliphatic heterocycles. The van der Waals surface area contributed by atoms with E-state index in [2.05, 4.69) is 0 Å². The Hall–Kier alpha value is -0.340. The maximum absolute atomic E-state index is 10.2. The van der Waals surface area contributed by atoms with E-state index in [0.717, 1.165) is 0 Å². The summed E-state index contributed by atoms with van der Waals surface area (Å²) >= 11 is 9.85.